The molecule has 1 aromatic heterocycles. The summed E-state index contributed by atoms with van der Waals surface area (Å²) in [4.78, 5) is 6.50. The number of pyridine rings is 1. The summed E-state index contributed by atoms with van der Waals surface area (Å²) in [6.45, 7) is 7.43. The maximum atomic E-state index is 8.88. The summed E-state index contributed by atoms with van der Waals surface area (Å²) < 4.78 is 0. The highest BCUT2D eigenvalue weighted by Gasteiger charge is 2.15. The van der Waals surface area contributed by atoms with Gasteiger partial charge in [-0.1, -0.05) is 6.07 Å². The van der Waals surface area contributed by atoms with Crippen LogP contribution >= 0.6 is 0 Å². The number of rotatable bonds is 5. The van der Waals surface area contributed by atoms with Crippen molar-refractivity contribution < 1.29 is 0 Å². The van der Waals surface area contributed by atoms with E-state index in [0.29, 0.717) is 6.54 Å². The molecule has 0 aromatic carbocycles. The molecule has 0 fully saturated rings. The Morgan fingerprint density at radius 2 is 2.24 bits per heavy atom. The minimum atomic E-state index is -0.0508. The van der Waals surface area contributed by atoms with Crippen molar-refractivity contribution in [3.63, 3.8) is 0 Å². The Balaban J connectivity index is 2.99. The van der Waals surface area contributed by atoms with Gasteiger partial charge in [0.2, 0.25) is 0 Å². The third-order valence-corrected chi connectivity index (χ3v) is 2.70. The highest BCUT2D eigenvalue weighted by molar-refractivity contribution is 5.48. The van der Waals surface area contributed by atoms with Crippen LogP contribution in [0.2, 0.25) is 0 Å². The number of aromatic nitrogens is 1. The van der Waals surface area contributed by atoms with Crippen molar-refractivity contribution >= 4 is 5.82 Å². The molecule has 17 heavy (non-hydrogen) atoms. The van der Waals surface area contributed by atoms with E-state index in [1.807, 2.05) is 26.0 Å². The second-order valence-corrected chi connectivity index (χ2v) is 4.27. The lowest BCUT2D eigenvalue weighted by Gasteiger charge is -2.26. The first-order chi connectivity index (χ1) is 8.10. The third kappa shape index (κ3) is 3.43. The van der Waals surface area contributed by atoms with E-state index in [2.05, 4.69) is 22.9 Å². The minimum Gasteiger partial charge on any atom is -0.355 e. The van der Waals surface area contributed by atoms with Crippen molar-refractivity contribution in [2.24, 2.45) is 11.7 Å². The molecule has 0 aliphatic carbocycles. The second kappa shape index (κ2) is 6.21. The zero-order valence-electron chi connectivity index (χ0n) is 10.7. The number of nitrogens with two attached hydrogens (primary N) is 1. The summed E-state index contributed by atoms with van der Waals surface area (Å²) in [7, 11) is 0. The van der Waals surface area contributed by atoms with Crippen molar-refractivity contribution in [3.8, 4) is 6.07 Å². The zero-order valence-corrected chi connectivity index (χ0v) is 10.7. The van der Waals surface area contributed by atoms with E-state index in [4.69, 9.17) is 11.0 Å². The molecule has 0 aliphatic heterocycles. The molecule has 0 amide bonds. The molecule has 1 rings (SSSR count). The van der Waals surface area contributed by atoms with Gasteiger partial charge in [-0.3, -0.25) is 0 Å². The molecule has 1 aromatic rings. The van der Waals surface area contributed by atoms with Gasteiger partial charge in [0.1, 0.15) is 5.82 Å². The number of hydrogen-bond donors (Lipinski definition) is 1. The van der Waals surface area contributed by atoms with Gasteiger partial charge in [-0.05, 0) is 26.8 Å². The van der Waals surface area contributed by atoms with Crippen LogP contribution in [0.15, 0.2) is 18.3 Å². The van der Waals surface area contributed by atoms with Crippen molar-refractivity contribution in [1.29, 1.82) is 5.26 Å². The third-order valence-electron chi connectivity index (χ3n) is 2.70. The Morgan fingerprint density at radius 1 is 1.53 bits per heavy atom. The van der Waals surface area contributed by atoms with Gasteiger partial charge in [0.25, 0.3) is 0 Å². The fourth-order valence-electron chi connectivity index (χ4n) is 1.77. The van der Waals surface area contributed by atoms with Crippen LogP contribution in [0.1, 0.15) is 32.4 Å². The molecule has 4 nitrogen and oxygen atoms in total. The number of nitrogens with zero attached hydrogens (tertiary/aromatic N) is 3. The molecular weight excluding hydrogens is 212 g/mol. The Labute approximate surface area is 103 Å². The largest absolute Gasteiger partial charge is 0.355 e. The summed E-state index contributed by atoms with van der Waals surface area (Å²) >= 11 is 0. The van der Waals surface area contributed by atoms with E-state index in [9.17, 15) is 0 Å². The van der Waals surface area contributed by atoms with Crippen molar-refractivity contribution in [3.05, 3.63) is 23.9 Å². The molecule has 0 saturated carbocycles. The van der Waals surface area contributed by atoms with E-state index >= 15 is 0 Å². The lowest BCUT2D eigenvalue weighted by Crippen LogP contribution is -2.30. The quantitative estimate of drug-likeness (QED) is 0.844. The maximum absolute atomic E-state index is 8.88. The van der Waals surface area contributed by atoms with E-state index in [0.717, 1.165) is 17.9 Å². The lowest BCUT2D eigenvalue weighted by atomic mass is 10.1. The molecule has 2 unspecified atom stereocenters. The van der Waals surface area contributed by atoms with Gasteiger partial charge in [0.15, 0.2) is 0 Å². The predicted octanol–water partition coefficient (Wildman–Crippen LogP) is 2.09. The number of nitriles is 1. The summed E-state index contributed by atoms with van der Waals surface area (Å²) in [5.74, 6) is 0.880. The molecule has 2 atom stereocenters. The lowest BCUT2D eigenvalue weighted by molar-refractivity contribution is 0.670. The van der Waals surface area contributed by atoms with Gasteiger partial charge in [-0.25, -0.2) is 4.98 Å². The fourth-order valence-corrected chi connectivity index (χ4v) is 1.77. The average Bonchev–Trinajstić information content (AvgIpc) is 2.35. The molecule has 92 valence electrons. The summed E-state index contributed by atoms with van der Waals surface area (Å²) in [5.41, 5.74) is 6.97. The smallest absolute Gasteiger partial charge is 0.133 e. The summed E-state index contributed by atoms with van der Waals surface area (Å²) in [6, 6.07) is 6.08. The molecule has 2 N–H and O–H groups in total. The van der Waals surface area contributed by atoms with Gasteiger partial charge in [0, 0.05) is 30.9 Å². The summed E-state index contributed by atoms with van der Waals surface area (Å²) in [6.07, 6.45) is 1.76. The predicted molar refractivity (Wildman–Crippen MR) is 69.5 cm³/mol. The molecule has 0 bridgehead atoms. The number of anilines is 1. The molecule has 0 radical (unpaired) electrons. The second-order valence-electron chi connectivity index (χ2n) is 4.27. The van der Waals surface area contributed by atoms with Crippen LogP contribution in [0.5, 0.6) is 0 Å². The average molecular weight is 232 g/mol. The molecule has 4 heteroatoms. The Morgan fingerprint density at radius 3 is 2.76 bits per heavy atom. The van der Waals surface area contributed by atoms with Crippen molar-refractivity contribution in [1.82, 2.24) is 4.98 Å². The first kappa shape index (κ1) is 13.5. The first-order valence-corrected chi connectivity index (χ1v) is 5.95. The van der Waals surface area contributed by atoms with Crippen LogP contribution in [0, 0.1) is 17.2 Å². The molecular formula is C13H20N4. The molecule has 1 heterocycles. The zero-order chi connectivity index (χ0) is 12.8. The topological polar surface area (TPSA) is 65.9 Å². The molecule has 0 saturated heterocycles. The van der Waals surface area contributed by atoms with Gasteiger partial charge >= 0.3 is 0 Å². The standard InChI is InChI=1S/C13H20N4/c1-4-17(9-10(2)8-14)13-12(11(3)15)6-5-7-16-13/h5-7,10-11H,4,9,15H2,1-3H3. The van der Waals surface area contributed by atoms with Crippen LogP contribution in [-0.4, -0.2) is 18.1 Å². The van der Waals surface area contributed by atoms with E-state index in [-0.39, 0.29) is 12.0 Å². The van der Waals surface area contributed by atoms with Crippen molar-refractivity contribution in [2.45, 2.75) is 26.8 Å². The SMILES string of the molecule is CCN(CC(C)C#N)c1ncccc1C(C)N. The van der Waals surface area contributed by atoms with E-state index in [1.165, 1.54) is 0 Å². The van der Waals surface area contributed by atoms with E-state index in [1.54, 1.807) is 6.20 Å². The number of hydrogen-bond acceptors (Lipinski definition) is 4. The van der Waals surface area contributed by atoms with Crippen LogP contribution in [0.4, 0.5) is 5.82 Å². The van der Waals surface area contributed by atoms with Crippen LogP contribution in [0.25, 0.3) is 0 Å². The maximum Gasteiger partial charge on any atom is 0.133 e. The van der Waals surface area contributed by atoms with Crippen LogP contribution < -0.4 is 10.6 Å². The minimum absolute atomic E-state index is 0.0158. The first-order valence-electron chi connectivity index (χ1n) is 5.95. The highest BCUT2D eigenvalue weighted by atomic mass is 15.2. The van der Waals surface area contributed by atoms with Gasteiger partial charge in [-0.15, -0.1) is 0 Å². The Bertz CT molecular complexity index is 395. The normalized spacial score (nSPS) is 13.8. The van der Waals surface area contributed by atoms with Gasteiger partial charge in [-0.2, -0.15) is 5.26 Å². The summed E-state index contributed by atoms with van der Waals surface area (Å²) in [5, 5.41) is 8.88. The van der Waals surface area contributed by atoms with E-state index < -0.39 is 0 Å². The van der Waals surface area contributed by atoms with Crippen LogP contribution in [0.3, 0.4) is 0 Å². The van der Waals surface area contributed by atoms with Gasteiger partial charge < -0.3 is 10.6 Å². The highest BCUT2D eigenvalue weighted by Crippen LogP contribution is 2.22. The molecule has 0 spiro atoms. The molecule has 0 aliphatic rings. The van der Waals surface area contributed by atoms with Crippen molar-refractivity contribution in [2.75, 3.05) is 18.0 Å². The van der Waals surface area contributed by atoms with Crippen LogP contribution in [-0.2, 0) is 0 Å². The van der Waals surface area contributed by atoms with Gasteiger partial charge in [0.05, 0.1) is 12.0 Å². The monoisotopic (exact) mass is 232 g/mol. The Kier molecular flexibility index (Phi) is 4.92. The Hall–Kier alpha value is -1.60. The fraction of sp³-hybridized carbons (Fsp3) is 0.538.